The lowest BCUT2D eigenvalue weighted by Crippen LogP contribution is -2.57. The Morgan fingerprint density at radius 2 is 1.97 bits per heavy atom. The van der Waals surface area contributed by atoms with Crippen molar-refractivity contribution in [3.05, 3.63) is 59.7 Å². The molecule has 172 valence electrons. The third kappa shape index (κ3) is 4.93. The summed E-state index contributed by atoms with van der Waals surface area (Å²) in [7, 11) is 0. The molecule has 2 atom stereocenters. The summed E-state index contributed by atoms with van der Waals surface area (Å²) >= 11 is 0. The Morgan fingerprint density at radius 1 is 1.12 bits per heavy atom. The quantitative estimate of drug-likeness (QED) is 0.467. The van der Waals surface area contributed by atoms with Crippen LogP contribution in [0, 0.1) is 0 Å². The number of benzene rings is 2. The van der Waals surface area contributed by atoms with E-state index in [4.69, 9.17) is 9.47 Å². The Morgan fingerprint density at radius 3 is 2.78 bits per heavy atom. The summed E-state index contributed by atoms with van der Waals surface area (Å²) < 4.78 is 12.0. The first-order valence-electron chi connectivity index (χ1n) is 12.2. The second kappa shape index (κ2) is 10.4. The van der Waals surface area contributed by atoms with Gasteiger partial charge in [0.05, 0.1) is 18.3 Å². The van der Waals surface area contributed by atoms with Gasteiger partial charge in [-0.15, -0.1) is 0 Å². The molecule has 5 heteroatoms. The first-order chi connectivity index (χ1) is 15.6. The van der Waals surface area contributed by atoms with Crippen LogP contribution in [0.2, 0.25) is 0 Å². The van der Waals surface area contributed by atoms with Crippen LogP contribution >= 0.6 is 0 Å². The number of anilines is 1. The number of nitrogens with zero attached hydrogens (tertiary/aromatic N) is 1. The molecule has 0 spiro atoms. The molecule has 2 aromatic carbocycles. The average molecular weight is 437 g/mol. The highest BCUT2D eigenvalue weighted by Crippen LogP contribution is 2.39. The monoisotopic (exact) mass is 436 g/mol. The number of nitrogens with one attached hydrogen (secondary N) is 1. The molecule has 2 aliphatic heterocycles. The molecule has 0 aromatic heterocycles. The van der Waals surface area contributed by atoms with Crippen LogP contribution in [0.25, 0.3) is 0 Å². The van der Waals surface area contributed by atoms with Crippen molar-refractivity contribution in [2.75, 3.05) is 25.1 Å². The maximum Gasteiger partial charge on any atom is 0.258 e. The second-order valence-corrected chi connectivity index (χ2v) is 9.08. The Bertz CT molecular complexity index is 909. The van der Waals surface area contributed by atoms with E-state index in [1.807, 2.05) is 41.3 Å². The maximum absolute atomic E-state index is 13.6. The molecule has 0 radical (unpaired) electrons. The number of hydrogen-bond donors (Lipinski definition) is 1. The molecule has 0 bridgehead atoms. The second-order valence-electron chi connectivity index (χ2n) is 9.08. The number of ether oxygens (including phenoxy) is 2. The summed E-state index contributed by atoms with van der Waals surface area (Å²) in [5.41, 5.74) is 1.91. The van der Waals surface area contributed by atoms with Crippen molar-refractivity contribution in [2.45, 2.75) is 70.6 Å². The van der Waals surface area contributed by atoms with E-state index in [-0.39, 0.29) is 12.0 Å². The van der Waals surface area contributed by atoms with Crippen LogP contribution in [0.1, 0.15) is 74.7 Å². The summed E-state index contributed by atoms with van der Waals surface area (Å²) in [5, 5.41) is 3.66. The van der Waals surface area contributed by atoms with Gasteiger partial charge in [0.2, 0.25) is 0 Å². The predicted octanol–water partition coefficient (Wildman–Crippen LogP) is 5.96. The van der Waals surface area contributed by atoms with E-state index in [0.717, 1.165) is 49.5 Å². The highest BCUT2D eigenvalue weighted by Gasteiger charge is 2.43. The first kappa shape index (κ1) is 22.7. The van der Waals surface area contributed by atoms with Gasteiger partial charge < -0.3 is 19.7 Å². The molecule has 1 N–H and O–H groups in total. The van der Waals surface area contributed by atoms with Gasteiger partial charge in [-0.1, -0.05) is 56.9 Å². The molecule has 1 fully saturated rings. The molecule has 2 unspecified atom stereocenters. The number of para-hydroxylation sites is 1. The Hall–Kier alpha value is -2.53. The van der Waals surface area contributed by atoms with E-state index in [2.05, 4.69) is 31.3 Å². The van der Waals surface area contributed by atoms with E-state index in [1.54, 1.807) is 0 Å². The van der Waals surface area contributed by atoms with Gasteiger partial charge in [-0.3, -0.25) is 4.79 Å². The fourth-order valence-electron chi connectivity index (χ4n) is 4.73. The number of amides is 1. The molecular weight excluding hydrogens is 400 g/mol. The number of rotatable bonds is 10. The van der Waals surface area contributed by atoms with Gasteiger partial charge >= 0.3 is 0 Å². The Kier molecular flexibility index (Phi) is 7.36. The van der Waals surface area contributed by atoms with Gasteiger partial charge in [0.1, 0.15) is 11.4 Å². The van der Waals surface area contributed by atoms with Crippen molar-refractivity contribution in [1.82, 2.24) is 4.90 Å². The number of carbonyl (C=O) groups excluding carboxylic acids is 1. The molecule has 0 aliphatic carbocycles. The van der Waals surface area contributed by atoms with Crippen LogP contribution in [-0.4, -0.2) is 36.7 Å². The van der Waals surface area contributed by atoms with Crippen molar-refractivity contribution in [3.63, 3.8) is 0 Å². The van der Waals surface area contributed by atoms with Crippen molar-refractivity contribution >= 4 is 11.6 Å². The topological polar surface area (TPSA) is 50.8 Å². The van der Waals surface area contributed by atoms with Gasteiger partial charge in [0.25, 0.3) is 5.91 Å². The third-order valence-corrected chi connectivity index (χ3v) is 6.64. The SMILES string of the molecule is CCCCCCCOc1cccc(C2(C)Nc3ccccc3C(=O)N2CC2CCCO2)c1. The standard InChI is InChI=1S/C27H36N2O3/c1-3-4-5-6-9-17-31-22-13-10-12-21(19-22)27(2)28-25-16-8-7-15-24(25)26(30)29(27)20-23-14-11-18-32-23/h7-8,10,12-13,15-16,19,23,28H,3-6,9,11,14,17-18,20H2,1-2H3. The summed E-state index contributed by atoms with van der Waals surface area (Å²) in [6, 6.07) is 15.9. The fraction of sp³-hybridized carbons (Fsp3) is 0.519. The molecule has 2 aromatic rings. The zero-order valence-corrected chi connectivity index (χ0v) is 19.4. The van der Waals surface area contributed by atoms with Crippen LogP contribution in [0.4, 0.5) is 5.69 Å². The molecule has 0 saturated carbocycles. The molecule has 32 heavy (non-hydrogen) atoms. The van der Waals surface area contributed by atoms with Crippen molar-refractivity contribution in [1.29, 1.82) is 0 Å². The lowest BCUT2D eigenvalue weighted by Gasteiger charge is -2.47. The normalized spacial score (nSPS) is 22.5. The predicted molar refractivity (Wildman–Crippen MR) is 128 cm³/mol. The molecule has 2 heterocycles. The first-order valence-corrected chi connectivity index (χ1v) is 12.2. The molecule has 2 aliphatic rings. The van der Waals surface area contributed by atoms with Crippen molar-refractivity contribution < 1.29 is 14.3 Å². The van der Waals surface area contributed by atoms with E-state index < -0.39 is 5.66 Å². The van der Waals surface area contributed by atoms with Crippen LogP contribution in [0.3, 0.4) is 0 Å². The summed E-state index contributed by atoms with van der Waals surface area (Å²) in [5.74, 6) is 0.893. The van der Waals surface area contributed by atoms with Gasteiger partial charge in [0, 0.05) is 24.4 Å². The molecule has 4 rings (SSSR count). The van der Waals surface area contributed by atoms with E-state index in [0.29, 0.717) is 12.1 Å². The number of unbranched alkanes of at least 4 members (excludes halogenated alkanes) is 4. The number of hydrogen-bond acceptors (Lipinski definition) is 4. The van der Waals surface area contributed by atoms with E-state index in [9.17, 15) is 4.79 Å². The largest absolute Gasteiger partial charge is 0.494 e. The molecule has 1 amide bonds. The minimum absolute atomic E-state index is 0.0413. The molecule has 5 nitrogen and oxygen atoms in total. The van der Waals surface area contributed by atoms with Gasteiger partial charge in [-0.25, -0.2) is 0 Å². The summed E-state index contributed by atoms with van der Waals surface area (Å²) in [6.07, 6.45) is 8.19. The van der Waals surface area contributed by atoms with E-state index in [1.165, 1.54) is 25.7 Å². The fourth-order valence-corrected chi connectivity index (χ4v) is 4.73. The van der Waals surface area contributed by atoms with Crippen molar-refractivity contribution in [2.24, 2.45) is 0 Å². The maximum atomic E-state index is 13.6. The van der Waals surface area contributed by atoms with E-state index >= 15 is 0 Å². The highest BCUT2D eigenvalue weighted by atomic mass is 16.5. The molecule has 1 saturated heterocycles. The minimum atomic E-state index is -0.683. The van der Waals surface area contributed by atoms with Gasteiger partial charge in [0.15, 0.2) is 0 Å². The lowest BCUT2D eigenvalue weighted by molar-refractivity contribution is 0.0242. The zero-order chi connectivity index (χ0) is 22.4. The van der Waals surface area contributed by atoms with Crippen molar-refractivity contribution in [3.8, 4) is 5.75 Å². The number of carbonyl (C=O) groups is 1. The minimum Gasteiger partial charge on any atom is -0.494 e. The highest BCUT2D eigenvalue weighted by molar-refractivity contribution is 6.02. The summed E-state index contributed by atoms with van der Waals surface area (Å²) in [6.45, 7) is 6.37. The Balaban J connectivity index is 1.55. The lowest BCUT2D eigenvalue weighted by atomic mass is 9.92. The van der Waals surface area contributed by atoms with Gasteiger partial charge in [-0.05, 0) is 50.5 Å². The average Bonchev–Trinajstić information content (AvgIpc) is 3.33. The van der Waals surface area contributed by atoms with Crippen LogP contribution < -0.4 is 10.1 Å². The van der Waals surface area contributed by atoms with Crippen LogP contribution in [-0.2, 0) is 10.4 Å². The number of fused-ring (bicyclic) bond motifs is 1. The van der Waals surface area contributed by atoms with Crippen LogP contribution in [0.5, 0.6) is 5.75 Å². The Labute approximate surface area is 192 Å². The van der Waals surface area contributed by atoms with Crippen LogP contribution in [0.15, 0.2) is 48.5 Å². The smallest absolute Gasteiger partial charge is 0.258 e. The van der Waals surface area contributed by atoms with Gasteiger partial charge in [-0.2, -0.15) is 0 Å². The zero-order valence-electron chi connectivity index (χ0n) is 19.4. The molecular formula is C27H36N2O3. The third-order valence-electron chi connectivity index (χ3n) is 6.64. The summed E-state index contributed by atoms with van der Waals surface area (Å²) in [4.78, 5) is 15.5.